The Morgan fingerprint density at radius 3 is 2.52 bits per heavy atom. The molecule has 0 saturated heterocycles. The molecule has 1 aliphatic rings. The van der Waals surface area contributed by atoms with Crippen LogP contribution in [0.1, 0.15) is 34.0 Å². The molecule has 1 aliphatic heterocycles. The molecule has 0 aliphatic carbocycles. The molecule has 1 aromatic heterocycles. The first-order chi connectivity index (χ1) is 13.0. The maximum Gasteiger partial charge on any atom is 0.339 e. The number of para-hydroxylation sites is 1. The van der Waals surface area contributed by atoms with Crippen LogP contribution in [0.4, 0.5) is 10.1 Å². The van der Waals surface area contributed by atoms with Gasteiger partial charge in [0.05, 0.1) is 17.1 Å². The van der Waals surface area contributed by atoms with Crippen LogP contribution < -0.4 is 5.32 Å². The minimum atomic E-state index is -1.21. The number of carboxylic acids is 1. The Kier molecular flexibility index (Phi) is 3.92. The molecule has 136 valence electrons. The van der Waals surface area contributed by atoms with Crippen LogP contribution in [0.25, 0.3) is 5.69 Å². The quantitative estimate of drug-likeness (QED) is 0.662. The van der Waals surface area contributed by atoms with Crippen molar-refractivity contribution in [2.75, 3.05) is 5.32 Å². The van der Waals surface area contributed by atoms with Gasteiger partial charge in [-0.05, 0) is 29.8 Å². The molecular formula is C20H15FN2O4. The number of benzene rings is 2. The van der Waals surface area contributed by atoms with Gasteiger partial charge in [-0.25, -0.2) is 9.18 Å². The molecule has 0 saturated carbocycles. The smallest absolute Gasteiger partial charge is 0.339 e. The molecule has 3 N–H and O–H groups in total. The molecule has 0 unspecified atom stereocenters. The van der Waals surface area contributed by atoms with Crippen LogP contribution in [-0.4, -0.2) is 26.7 Å². The number of halogens is 1. The summed E-state index contributed by atoms with van der Waals surface area (Å²) >= 11 is 0. The highest BCUT2D eigenvalue weighted by molar-refractivity contribution is 6.04. The third-order valence-corrected chi connectivity index (χ3v) is 4.67. The van der Waals surface area contributed by atoms with E-state index in [1.54, 1.807) is 30.3 Å². The van der Waals surface area contributed by atoms with Crippen molar-refractivity contribution in [3.05, 3.63) is 77.4 Å². The van der Waals surface area contributed by atoms with Crippen molar-refractivity contribution in [2.45, 2.75) is 12.3 Å². The fourth-order valence-electron chi connectivity index (χ4n) is 3.46. The number of anilines is 1. The number of carbonyl (C=O) groups is 2. The molecule has 0 radical (unpaired) electrons. The Labute approximate surface area is 153 Å². The molecular weight excluding hydrogens is 351 g/mol. The van der Waals surface area contributed by atoms with Gasteiger partial charge in [0.15, 0.2) is 0 Å². The lowest BCUT2D eigenvalue weighted by Gasteiger charge is -2.26. The third kappa shape index (κ3) is 2.83. The number of fused-ring (bicyclic) bond motifs is 1. The summed E-state index contributed by atoms with van der Waals surface area (Å²) in [4.78, 5) is 23.9. The topological polar surface area (TPSA) is 91.6 Å². The van der Waals surface area contributed by atoms with Crippen LogP contribution in [0.2, 0.25) is 0 Å². The molecule has 2 aromatic carbocycles. The highest BCUT2D eigenvalue weighted by Gasteiger charge is 2.34. The molecule has 2 heterocycles. The van der Waals surface area contributed by atoms with Crippen LogP contribution in [0.5, 0.6) is 5.75 Å². The molecule has 6 nitrogen and oxygen atoms in total. The summed E-state index contributed by atoms with van der Waals surface area (Å²) < 4.78 is 15.9. The van der Waals surface area contributed by atoms with Gasteiger partial charge >= 0.3 is 5.97 Å². The lowest BCUT2D eigenvalue weighted by molar-refractivity contribution is -0.116. The molecule has 1 atom stereocenters. The maximum absolute atomic E-state index is 14.4. The molecule has 3 aromatic rings. The second-order valence-corrected chi connectivity index (χ2v) is 6.33. The maximum atomic E-state index is 14.4. The van der Waals surface area contributed by atoms with Gasteiger partial charge in [-0.1, -0.05) is 24.3 Å². The first-order valence-electron chi connectivity index (χ1n) is 8.28. The van der Waals surface area contributed by atoms with Gasteiger partial charge in [-0.3, -0.25) is 4.79 Å². The van der Waals surface area contributed by atoms with Crippen molar-refractivity contribution in [2.24, 2.45) is 0 Å². The summed E-state index contributed by atoms with van der Waals surface area (Å²) in [6.07, 6.45) is 1.40. The van der Waals surface area contributed by atoms with E-state index in [1.165, 1.54) is 29.0 Å². The Hall–Kier alpha value is -3.61. The van der Waals surface area contributed by atoms with E-state index < -0.39 is 17.7 Å². The number of carbonyl (C=O) groups excluding carboxylic acids is 1. The number of aromatic carboxylic acids is 1. The van der Waals surface area contributed by atoms with Gasteiger partial charge in [-0.2, -0.15) is 0 Å². The summed E-state index contributed by atoms with van der Waals surface area (Å²) in [5.74, 6) is -2.45. The van der Waals surface area contributed by atoms with E-state index in [1.807, 2.05) is 0 Å². The summed E-state index contributed by atoms with van der Waals surface area (Å²) in [5, 5.41) is 21.7. The number of amides is 1. The Morgan fingerprint density at radius 1 is 1.15 bits per heavy atom. The van der Waals surface area contributed by atoms with Crippen LogP contribution >= 0.6 is 0 Å². The molecule has 4 rings (SSSR count). The normalized spacial score (nSPS) is 15.9. The van der Waals surface area contributed by atoms with Gasteiger partial charge in [0.1, 0.15) is 17.1 Å². The monoisotopic (exact) mass is 366 g/mol. The van der Waals surface area contributed by atoms with Crippen molar-refractivity contribution in [1.82, 2.24) is 4.57 Å². The minimum Gasteiger partial charge on any atom is -0.508 e. The summed E-state index contributed by atoms with van der Waals surface area (Å²) in [7, 11) is 0. The van der Waals surface area contributed by atoms with Gasteiger partial charge in [0.25, 0.3) is 0 Å². The minimum absolute atomic E-state index is 0.0787. The summed E-state index contributed by atoms with van der Waals surface area (Å²) in [6, 6.07) is 12.4. The van der Waals surface area contributed by atoms with E-state index in [-0.39, 0.29) is 35.0 Å². The van der Waals surface area contributed by atoms with Gasteiger partial charge in [-0.15, -0.1) is 0 Å². The first kappa shape index (κ1) is 16.8. The Bertz CT molecular complexity index is 1060. The van der Waals surface area contributed by atoms with Gasteiger partial charge in [0.2, 0.25) is 5.91 Å². The van der Waals surface area contributed by atoms with E-state index in [0.29, 0.717) is 5.69 Å². The number of aromatic nitrogens is 1. The van der Waals surface area contributed by atoms with Crippen molar-refractivity contribution in [1.29, 1.82) is 0 Å². The van der Waals surface area contributed by atoms with Crippen molar-refractivity contribution in [3.8, 4) is 11.4 Å². The standard InChI is InChI=1S/C20H15FN2O4/c21-15-3-1-2-4-16(15)23-10-14(20(26)27)18-19(23)13(9-17(25)22-18)11-5-7-12(24)8-6-11/h1-8,10,13,24H,9H2,(H,22,25)(H,26,27)/t13-/m1/s1. The van der Waals surface area contributed by atoms with E-state index in [4.69, 9.17) is 0 Å². The van der Waals surface area contributed by atoms with Gasteiger partial charge in [0, 0.05) is 18.5 Å². The summed E-state index contributed by atoms with van der Waals surface area (Å²) in [6.45, 7) is 0. The number of aromatic hydroxyl groups is 1. The van der Waals surface area contributed by atoms with Gasteiger partial charge < -0.3 is 20.1 Å². The number of nitrogens with zero attached hydrogens (tertiary/aromatic N) is 1. The third-order valence-electron chi connectivity index (χ3n) is 4.67. The van der Waals surface area contributed by atoms with E-state index in [0.717, 1.165) is 5.56 Å². The fourth-order valence-corrected chi connectivity index (χ4v) is 3.46. The van der Waals surface area contributed by atoms with Crippen molar-refractivity contribution < 1.29 is 24.2 Å². The predicted molar refractivity (Wildman–Crippen MR) is 95.9 cm³/mol. The number of nitrogens with one attached hydrogen (secondary N) is 1. The molecule has 1 amide bonds. The second kappa shape index (κ2) is 6.28. The number of phenols is 1. The van der Waals surface area contributed by atoms with E-state index in [2.05, 4.69) is 5.32 Å². The number of rotatable bonds is 3. The molecule has 7 heteroatoms. The number of hydrogen-bond acceptors (Lipinski definition) is 3. The Morgan fingerprint density at radius 2 is 1.85 bits per heavy atom. The average Bonchev–Trinajstić information content (AvgIpc) is 3.01. The molecule has 0 spiro atoms. The number of hydrogen-bond donors (Lipinski definition) is 3. The predicted octanol–water partition coefficient (Wildman–Crippen LogP) is 3.49. The van der Waals surface area contributed by atoms with E-state index in [9.17, 15) is 24.2 Å². The first-order valence-corrected chi connectivity index (χ1v) is 8.28. The van der Waals surface area contributed by atoms with Crippen LogP contribution in [-0.2, 0) is 4.79 Å². The SMILES string of the molecule is O=C1C[C@H](c2ccc(O)cc2)c2c(c(C(=O)O)cn2-c2ccccc2F)N1. The average molecular weight is 366 g/mol. The molecule has 0 bridgehead atoms. The zero-order valence-corrected chi connectivity index (χ0v) is 14.0. The highest BCUT2D eigenvalue weighted by Crippen LogP contribution is 2.42. The zero-order valence-electron chi connectivity index (χ0n) is 14.0. The zero-order chi connectivity index (χ0) is 19.1. The van der Waals surface area contributed by atoms with E-state index >= 15 is 0 Å². The lowest BCUT2D eigenvalue weighted by Crippen LogP contribution is -2.25. The van der Waals surface area contributed by atoms with Crippen molar-refractivity contribution >= 4 is 17.6 Å². The van der Waals surface area contributed by atoms with Crippen molar-refractivity contribution in [3.63, 3.8) is 0 Å². The largest absolute Gasteiger partial charge is 0.508 e. The molecule has 27 heavy (non-hydrogen) atoms. The number of phenolic OH excluding ortho intramolecular Hbond substituents is 1. The van der Waals surface area contributed by atoms with Crippen LogP contribution in [0, 0.1) is 5.82 Å². The Balaban J connectivity index is 1.99. The molecule has 0 fully saturated rings. The lowest BCUT2D eigenvalue weighted by atomic mass is 9.88. The van der Waals surface area contributed by atoms with Crippen LogP contribution in [0.3, 0.4) is 0 Å². The summed E-state index contributed by atoms with van der Waals surface area (Å²) in [5.41, 5.74) is 1.46. The number of carboxylic acid groups (broad SMARTS) is 1. The second-order valence-electron chi connectivity index (χ2n) is 6.33. The van der Waals surface area contributed by atoms with Crippen LogP contribution in [0.15, 0.2) is 54.7 Å². The fraction of sp³-hybridized carbons (Fsp3) is 0.100. The highest BCUT2D eigenvalue weighted by atomic mass is 19.1.